The zero-order chi connectivity index (χ0) is 24.5. The predicted molar refractivity (Wildman–Crippen MR) is 120 cm³/mol. The molecule has 1 aliphatic rings. The minimum Gasteiger partial charge on any atom is -0.497 e. The van der Waals surface area contributed by atoms with Crippen molar-refractivity contribution in [1.29, 1.82) is 0 Å². The van der Waals surface area contributed by atoms with Gasteiger partial charge in [0.15, 0.2) is 11.6 Å². The molecular weight excluding hydrogens is 448 g/mol. The monoisotopic (exact) mass is 475 g/mol. The number of methoxy groups -OCH3 is 1. The van der Waals surface area contributed by atoms with Crippen LogP contribution in [0.25, 0.3) is 0 Å². The third kappa shape index (κ3) is 6.90. The van der Waals surface area contributed by atoms with Crippen LogP contribution in [-0.2, 0) is 16.0 Å². The Balaban J connectivity index is 1.64. The first kappa shape index (κ1) is 24.9. The Labute approximate surface area is 196 Å². The molecule has 0 saturated carbocycles. The van der Waals surface area contributed by atoms with E-state index >= 15 is 0 Å². The number of fused-ring (bicyclic) bond motifs is 1. The number of aryl methyl sites for hydroxylation is 1. The number of halogens is 2. The van der Waals surface area contributed by atoms with Crippen LogP contribution in [0.3, 0.4) is 0 Å². The normalized spacial score (nSPS) is 15.3. The highest BCUT2D eigenvalue weighted by Gasteiger charge is 2.19. The van der Waals surface area contributed by atoms with Gasteiger partial charge in [-0.25, -0.2) is 8.78 Å². The third-order valence-electron chi connectivity index (χ3n) is 5.30. The molecular formula is C24H27F2N3O5. The molecule has 0 aromatic heterocycles. The average molecular weight is 475 g/mol. The van der Waals surface area contributed by atoms with Crippen LogP contribution in [0.15, 0.2) is 36.4 Å². The van der Waals surface area contributed by atoms with Gasteiger partial charge in [0, 0.05) is 25.6 Å². The van der Waals surface area contributed by atoms with Gasteiger partial charge in [-0.2, -0.15) is 0 Å². The fourth-order valence-corrected chi connectivity index (χ4v) is 3.48. The van der Waals surface area contributed by atoms with Crippen LogP contribution in [0.2, 0.25) is 0 Å². The number of hydrogen-bond acceptors (Lipinski definition) is 5. The number of rotatable bonds is 4. The largest absolute Gasteiger partial charge is 0.497 e. The SMILES string of the molecule is COc1ccc2c(c1)OCCNC(=O)CN(C(=O)CCc1ccc(F)c(F)c1)CCCNC2=O. The maximum Gasteiger partial charge on any atom is 0.255 e. The van der Waals surface area contributed by atoms with Gasteiger partial charge in [0.1, 0.15) is 18.1 Å². The van der Waals surface area contributed by atoms with Crippen LogP contribution in [0.4, 0.5) is 8.78 Å². The molecule has 2 aromatic carbocycles. The quantitative estimate of drug-likeness (QED) is 0.706. The Kier molecular flexibility index (Phi) is 8.78. The highest BCUT2D eigenvalue weighted by Crippen LogP contribution is 2.25. The van der Waals surface area contributed by atoms with E-state index in [-0.39, 0.29) is 63.3 Å². The van der Waals surface area contributed by atoms with E-state index in [0.29, 0.717) is 29.0 Å². The molecule has 2 aromatic rings. The summed E-state index contributed by atoms with van der Waals surface area (Å²) < 4.78 is 37.4. The van der Waals surface area contributed by atoms with E-state index in [4.69, 9.17) is 9.47 Å². The lowest BCUT2D eigenvalue weighted by atomic mass is 10.1. The van der Waals surface area contributed by atoms with Crippen molar-refractivity contribution in [3.05, 3.63) is 59.2 Å². The fraction of sp³-hybridized carbons (Fsp3) is 0.375. The topological polar surface area (TPSA) is 97.0 Å². The molecule has 10 heteroatoms. The summed E-state index contributed by atoms with van der Waals surface area (Å²) in [5.74, 6) is -2.01. The number of amides is 3. The molecule has 0 bridgehead atoms. The smallest absolute Gasteiger partial charge is 0.255 e. The van der Waals surface area contributed by atoms with Gasteiger partial charge in [-0.3, -0.25) is 14.4 Å². The fourth-order valence-electron chi connectivity index (χ4n) is 3.48. The number of nitrogens with zero attached hydrogens (tertiary/aromatic N) is 1. The van der Waals surface area contributed by atoms with Crippen LogP contribution < -0.4 is 20.1 Å². The summed E-state index contributed by atoms with van der Waals surface area (Å²) in [6.07, 6.45) is 0.657. The highest BCUT2D eigenvalue weighted by molar-refractivity contribution is 5.97. The first-order valence-corrected chi connectivity index (χ1v) is 10.9. The first-order chi connectivity index (χ1) is 16.4. The van der Waals surface area contributed by atoms with Crippen LogP contribution in [0.1, 0.15) is 28.8 Å². The van der Waals surface area contributed by atoms with Crippen LogP contribution in [-0.4, -0.2) is 62.5 Å². The number of ether oxygens (including phenoxy) is 2. The maximum absolute atomic E-state index is 13.4. The lowest BCUT2D eigenvalue weighted by Gasteiger charge is -2.23. The molecule has 1 aliphatic heterocycles. The van der Waals surface area contributed by atoms with Crippen molar-refractivity contribution in [2.24, 2.45) is 0 Å². The molecule has 3 amide bonds. The molecule has 3 rings (SSSR count). The van der Waals surface area contributed by atoms with Gasteiger partial charge < -0.3 is 25.0 Å². The van der Waals surface area contributed by atoms with Crippen molar-refractivity contribution in [3.63, 3.8) is 0 Å². The van der Waals surface area contributed by atoms with Crippen molar-refractivity contribution in [3.8, 4) is 11.5 Å². The molecule has 0 unspecified atom stereocenters. The summed E-state index contributed by atoms with van der Waals surface area (Å²) in [6, 6.07) is 8.35. The molecule has 0 saturated heterocycles. The minimum absolute atomic E-state index is 0.0308. The van der Waals surface area contributed by atoms with Gasteiger partial charge in [-0.05, 0) is 42.7 Å². The van der Waals surface area contributed by atoms with Gasteiger partial charge >= 0.3 is 0 Å². The zero-order valence-electron chi connectivity index (χ0n) is 18.9. The van der Waals surface area contributed by atoms with E-state index in [1.165, 1.54) is 18.1 Å². The summed E-state index contributed by atoms with van der Waals surface area (Å²) in [7, 11) is 1.51. The van der Waals surface area contributed by atoms with E-state index in [1.54, 1.807) is 18.2 Å². The molecule has 182 valence electrons. The molecule has 2 N–H and O–H groups in total. The summed E-state index contributed by atoms with van der Waals surface area (Å²) in [5, 5.41) is 5.49. The molecule has 0 atom stereocenters. The molecule has 1 heterocycles. The number of benzene rings is 2. The summed E-state index contributed by atoms with van der Waals surface area (Å²) >= 11 is 0. The van der Waals surface area contributed by atoms with Gasteiger partial charge in [0.05, 0.1) is 25.8 Å². The summed E-state index contributed by atoms with van der Waals surface area (Å²) in [6.45, 7) is 0.654. The van der Waals surface area contributed by atoms with Gasteiger partial charge in [0.25, 0.3) is 5.91 Å². The number of carbonyl (C=O) groups excluding carboxylic acids is 3. The lowest BCUT2D eigenvalue weighted by Crippen LogP contribution is -2.43. The average Bonchev–Trinajstić information content (AvgIpc) is 2.83. The second kappa shape index (κ2) is 12.0. The van der Waals surface area contributed by atoms with Crippen LogP contribution in [0, 0.1) is 11.6 Å². The second-order valence-electron chi connectivity index (χ2n) is 7.73. The van der Waals surface area contributed by atoms with Crippen molar-refractivity contribution in [2.75, 3.05) is 39.9 Å². The van der Waals surface area contributed by atoms with E-state index in [2.05, 4.69) is 10.6 Å². The van der Waals surface area contributed by atoms with E-state index in [1.807, 2.05) is 0 Å². The van der Waals surface area contributed by atoms with Gasteiger partial charge in [-0.15, -0.1) is 0 Å². The summed E-state index contributed by atoms with van der Waals surface area (Å²) in [5.41, 5.74) is 0.821. The molecule has 34 heavy (non-hydrogen) atoms. The second-order valence-corrected chi connectivity index (χ2v) is 7.73. The lowest BCUT2D eigenvalue weighted by molar-refractivity contribution is -0.136. The highest BCUT2D eigenvalue weighted by atomic mass is 19.2. The van der Waals surface area contributed by atoms with E-state index in [0.717, 1.165) is 12.1 Å². The first-order valence-electron chi connectivity index (χ1n) is 10.9. The number of nitrogens with one attached hydrogen (secondary N) is 2. The maximum atomic E-state index is 13.4. The van der Waals surface area contributed by atoms with E-state index < -0.39 is 11.6 Å². The minimum atomic E-state index is -0.972. The Morgan fingerprint density at radius 2 is 1.91 bits per heavy atom. The molecule has 8 nitrogen and oxygen atoms in total. The molecule has 0 aliphatic carbocycles. The molecule has 0 fully saturated rings. The number of carbonyl (C=O) groups is 3. The number of hydrogen-bond donors (Lipinski definition) is 2. The summed E-state index contributed by atoms with van der Waals surface area (Å²) in [4.78, 5) is 39.1. The van der Waals surface area contributed by atoms with Crippen LogP contribution >= 0.6 is 0 Å². The Bertz CT molecular complexity index is 1050. The third-order valence-corrected chi connectivity index (χ3v) is 5.30. The van der Waals surface area contributed by atoms with Crippen LogP contribution in [0.5, 0.6) is 11.5 Å². The van der Waals surface area contributed by atoms with Crippen molar-refractivity contribution < 1.29 is 32.6 Å². The van der Waals surface area contributed by atoms with Crippen molar-refractivity contribution in [2.45, 2.75) is 19.3 Å². The molecule has 0 radical (unpaired) electrons. The Morgan fingerprint density at radius 3 is 2.68 bits per heavy atom. The Morgan fingerprint density at radius 1 is 1.09 bits per heavy atom. The Hall–Kier alpha value is -3.69. The predicted octanol–water partition coefficient (Wildman–Crippen LogP) is 2.06. The van der Waals surface area contributed by atoms with E-state index in [9.17, 15) is 23.2 Å². The standard InChI is InChI=1S/C24H27F2N3O5/c1-33-17-5-6-18-21(14-17)34-12-10-27-22(30)15-29(11-2-9-28-24(18)32)23(31)8-4-16-3-7-19(25)20(26)13-16/h3,5-7,13-14H,2,4,8-12,15H2,1H3,(H,27,30)(H,28,32). The zero-order valence-corrected chi connectivity index (χ0v) is 18.9. The molecule has 0 spiro atoms. The van der Waals surface area contributed by atoms with Gasteiger partial charge in [-0.1, -0.05) is 6.07 Å². The van der Waals surface area contributed by atoms with Crippen molar-refractivity contribution in [1.82, 2.24) is 15.5 Å². The van der Waals surface area contributed by atoms with Crippen molar-refractivity contribution >= 4 is 17.7 Å². The van der Waals surface area contributed by atoms with Gasteiger partial charge in [0.2, 0.25) is 11.8 Å².